The summed E-state index contributed by atoms with van der Waals surface area (Å²) in [5.41, 5.74) is 22.1. The highest BCUT2D eigenvalue weighted by molar-refractivity contribution is 7.99. The van der Waals surface area contributed by atoms with Gasteiger partial charge in [0.1, 0.15) is 11.5 Å². The predicted molar refractivity (Wildman–Crippen MR) is 283 cm³/mol. The first kappa shape index (κ1) is 38.4. The van der Waals surface area contributed by atoms with Crippen LogP contribution in [0.3, 0.4) is 0 Å². The molecular formula is C63H43BN2OS. The third-order valence-corrected chi connectivity index (χ3v) is 16.5. The second kappa shape index (κ2) is 13.7. The van der Waals surface area contributed by atoms with Gasteiger partial charge in [-0.1, -0.05) is 190 Å². The molecule has 15 rings (SSSR count). The number of hydrogen-bond donors (Lipinski definition) is 0. The van der Waals surface area contributed by atoms with Crippen molar-refractivity contribution < 1.29 is 4.74 Å². The van der Waals surface area contributed by atoms with Crippen molar-refractivity contribution in [3.8, 4) is 44.9 Å². The third-order valence-electron chi connectivity index (χ3n) is 15.4. The van der Waals surface area contributed by atoms with Gasteiger partial charge in [0, 0.05) is 33.6 Å². The SMILES string of the molecule is CC(C)(C)c1ccc(N2c3cc4c(cc3B3c5c(cc6ccccc6c52)-c2cccc5c2N3c2ccccc2C52c3ccccc3-c3ccccc32)Oc2ccccc2S4)c(-c2ccccc2)c1. The predicted octanol–water partition coefficient (Wildman–Crippen LogP) is 15.4. The van der Waals surface area contributed by atoms with E-state index in [0.717, 1.165) is 32.7 Å². The molecule has 0 fully saturated rings. The minimum absolute atomic E-state index is 0.0488. The monoisotopic (exact) mass is 886 g/mol. The van der Waals surface area contributed by atoms with Crippen LogP contribution in [0.2, 0.25) is 0 Å². The fraction of sp³-hybridized carbons (Fsp3) is 0.0794. The lowest BCUT2D eigenvalue weighted by Crippen LogP contribution is -2.63. The lowest BCUT2D eigenvalue weighted by Gasteiger charge is -2.52. The summed E-state index contributed by atoms with van der Waals surface area (Å²) in [7, 11) is 0. The molecule has 5 aliphatic rings. The van der Waals surface area contributed by atoms with Gasteiger partial charge in [-0.3, -0.25) is 0 Å². The van der Waals surface area contributed by atoms with E-state index >= 15 is 0 Å². The minimum atomic E-state index is -0.523. The molecule has 68 heavy (non-hydrogen) atoms. The molecule has 1 spiro atoms. The van der Waals surface area contributed by atoms with Crippen molar-refractivity contribution in [2.24, 2.45) is 0 Å². The molecule has 0 atom stereocenters. The topological polar surface area (TPSA) is 15.7 Å². The lowest BCUT2D eigenvalue weighted by molar-refractivity contribution is 0.455. The average Bonchev–Trinajstić information content (AvgIpc) is 3.67. The lowest BCUT2D eigenvalue weighted by atomic mass is 9.42. The van der Waals surface area contributed by atoms with Crippen LogP contribution in [0.1, 0.15) is 48.6 Å². The number of benzene rings is 10. The number of anilines is 5. The van der Waals surface area contributed by atoms with E-state index in [1.54, 1.807) is 11.8 Å². The van der Waals surface area contributed by atoms with Gasteiger partial charge in [-0.25, -0.2) is 0 Å². The van der Waals surface area contributed by atoms with Crippen LogP contribution in [-0.2, 0) is 10.8 Å². The number of fused-ring (bicyclic) bond motifs is 17. The Balaban J connectivity index is 1.10. The Labute approximate surface area is 401 Å². The molecule has 320 valence electrons. The van der Waals surface area contributed by atoms with Gasteiger partial charge in [0.15, 0.2) is 0 Å². The molecule has 3 nitrogen and oxygen atoms in total. The van der Waals surface area contributed by atoms with Crippen molar-refractivity contribution in [2.45, 2.75) is 41.4 Å². The fourth-order valence-electron chi connectivity index (χ4n) is 12.6. The maximum Gasteiger partial charge on any atom is 0.333 e. The van der Waals surface area contributed by atoms with Crippen molar-refractivity contribution in [3.63, 3.8) is 0 Å². The van der Waals surface area contributed by atoms with Crippen LogP contribution in [0.25, 0.3) is 44.2 Å². The summed E-state index contributed by atoms with van der Waals surface area (Å²) in [4.78, 5) is 7.58. The molecule has 5 heteroatoms. The van der Waals surface area contributed by atoms with Crippen LogP contribution in [0, 0.1) is 0 Å². The van der Waals surface area contributed by atoms with E-state index in [2.05, 4.69) is 237 Å². The van der Waals surface area contributed by atoms with Crippen LogP contribution in [0.15, 0.2) is 216 Å². The molecule has 0 N–H and O–H groups in total. The van der Waals surface area contributed by atoms with Crippen LogP contribution in [0.5, 0.6) is 11.5 Å². The first-order chi connectivity index (χ1) is 33.4. The molecule has 0 saturated heterocycles. The number of ether oxygens (including phenoxy) is 1. The van der Waals surface area contributed by atoms with Gasteiger partial charge in [0.2, 0.25) is 0 Å². The second-order valence-electron chi connectivity index (χ2n) is 19.9. The average molecular weight is 887 g/mol. The normalized spacial score (nSPS) is 14.8. The Kier molecular flexibility index (Phi) is 7.73. The molecular weight excluding hydrogens is 844 g/mol. The second-order valence-corrected chi connectivity index (χ2v) is 21.0. The van der Waals surface area contributed by atoms with Crippen molar-refractivity contribution in [2.75, 3.05) is 9.71 Å². The van der Waals surface area contributed by atoms with Crippen molar-refractivity contribution in [1.82, 2.24) is 0 Å². The molecule has 10 aromatic rings. The van der Waals surface area contributed by atoms with E-state index in [0.29, 0.717) is 0 Å². The quantitative estimate of drug-likeness (QED) is 0.161. The van der Waals surface area contributed by atoms with Gasteiger partial charge in [-0.15, -0.1) is 0 Å². The first-order valence-electron chi connectivity index (χ1n) is 23.8. The Morgan fingerprint density at radius 1 is 0.471 bits per heavy atom. The van der Waals surface area contributed by atoms with Gasteiger partial charge < -0.3 is 14.4 Å². The smallest absolute Gasteiger partial charge is 0.333 e. The van der Waals surface area contributed by atoms with E-state index in [-0.39, 0.29) is 12.3 Å². The maximum atomic E-state index is 6.97. The zero-order valence-corrected chi connectivity index (χ0v) is 38.7. The Bertz CT molecular complexity index is 3790. The molecule has 0 radical (unpaired) electrons. The Morgan fingerprint density at radius 2 is 1.15 bits per heavy atom. The number of para-hydroxylation sites is 3. The molecule has 1 aliphatic carbocycles. The van der Waals surface area contributed by atoms with Crippen molar-refractivity contribution in [3.05, 3.63) is 234 Å². The summed E-state index contributed by atoms with van der Waals surface area (Å²) in [6, 6.07) is 77.7. The highest BCUT2D eigenvalue weighted by atomic mass is 32.2. The molecule has 0 saturated carbocycles. The van der Waals surface area contributed by atoms with Gasteiger partial charge in [-0.05, 0) is 120 Å². The van der Waals surface area contributed by atoms with Gasteiger partial charge >= 0.3 is 6.85 Å². The van der Waals surface area contributed by atoms with Gasteiger partial charge in [-0.2, -0.15) is 0 Å². The van der Waals surface area contributed by atoms with Crippen molar-refractivity contribution >= 4 is 68.7 Å². The molecule has 4 aliphatic heterocycles. The highest BCUT2D eigenvalue weighted by Crippen LogP contribution is 2.65. The number of hydrogen-bond acceptors (Lipinski definition) is 4. The zero-order valence-electron chi connectivity index (χ0n) is 37.9. The van der Waals surface area contributed by atoms with Gasteiger partial charge in [0.25, 0.3) is 0 Å². The largest absolute Gasteiger partial charge is 0.455 e. The minimum Gasteiger partial charge on any atom is -0.455 e. The van der Waals surface area contributed by atoms with Gasteiger partial charge in [0.05, 0.1) is 26.6 Å². The fourth-order valence-corrected chi connectivity index (χ4v) is 13.6. The van der Waals surface area contributed by atoms with Crippen LogP contribution in [-0.4, -0.2) is 6.85 Å². The molecule has 0 aromatic heterocycles. The van der Waals surface area contributed by atoms with E-state index in [1.807, 2.05) is 0 Å². The summed E-state index contributed by atoms with van der Waals surface area (Å²) in [6.07, 6.45) is 0. The molecule has 0 unspecified atom stereocenters. The van der Waals surface area contributed by atoms with E-state index in [4.69, 9.17) is 4.74 Å². The molecule has 4 heterocycles. The summed E-state index contributed by atoms with van der Waals surface area (Å²) < 4.78 is 6.97. The molecule has 0 bridgehead atoms. The van der Waals surface area contributed by atoms with Crippen LogP contribution >= 0.6 is 11.8 Å². The molecule has 10 aromatic carbocycles. The van der Waals surface area contributed by atoms with E-state index < -0.39 is 5.41 Å². The van der Waals surface area contributed by atoms with Crippen molar-refractivity contribution in [1.29, 1.82) is 0 Å². The molecule has 0 amide bonds. The third kappa shape index (κ3) is 4.96. The number of nitrogens with zero attached hydrogens (tertiary/aromatic N) is 2. The summed E-state index contributed by atoms with van der Waals surface area (Å²) in [6.45, 7) is 6.75. The van der Waals surface area contributed by atoms with E-state index in [9.17, 15) is 0 Å². The van der Waals surface area contributed by atoms with Crippen LogP contribution in [0.4, 0.5) is 28.4 Å². The summed E-state index contributed by atoms with van der Waals surface area (Å²) >= 11 is 1.80. The van der Waals surface area contributed by atoms with E-state index in [1.165, 1.54) is 100.0 Å². The Morgan fingerprint density at radius 3 is 1.96 bits per heavy atom. The summed E-state index contributed by atoms with van der Waals surface area (Å²) in [5, 5.41) is 2.45. The first-order valence-corrected chi connectivity index (χ1v) is 24.6. The highest BCUT2D eigenvalue weighted by Gasteiger charge is 2.56. The Hall–Kier alpha value is -7.73. The summed E-state index contributed by atoms with van der Waals surface area (Å²) in [5.74, 6) is 1.79. The standard InChI is InChI=1S/C63H43BN2OS/c1-62(2,3)40-32-33-52(45(35-40)38-18-5-4-6-19-38)65-54-37-58-56(67-55-30-15-16-31-57(55)68-58)36-51(54)64-59-46(34-39-20-7-8-21-41(39)61(59)65)44-24-17-28-50-60(44)66(64)53-29-14-13-27-49(53)63(50)47-25-11-9-22-42(47)43-23-10-12-26-48(43)63/h4-37H,1-3H3. The number of rotatable bonds is 2. The maximum absolute atomic E-state index is 6.97. The van der Waals surface area contributed by atoms with Crippen LogP contribution < -0.4 is 25.4 Å². The zero-order chi connectivity index (χ0) is 45.0.